The van der Waals surface area contributed by atoms with Crippen molar-refractivity contribution in [2.24, 2.45) is 0 Å². The van der Waals surface area contributed by atoms with Crippen LogP contribution < -0.4 is 5.32 Å². The van der Waals surface area contributed by atoms with E-state index in [1.807, 2.05) is 0 Å². The molecular formula is C18H18FNO3. The molecule has 0 saturated carbocycles. The SMILES string of the molecule is COC(=O)c1ccc(CNC(=O)CCc2cccc(F)c2)cc1. The van der Waals surface area contributed by atoms with Crippen molar-refractivity contribution in [3.63, 3.8) is 0 Å². The fourth-order valence-corrected chi connectivity index (χ4v) is 2.12. The van der Waals surface area contributed by atoms with E-state index in [0.29, 0.717) is 24.9 Å². The van der Waals surface area contributed by atoms with E-state index in [1.54, 1.807) is 36.4 Å². The Balaban J connectivity index is 1.79. The van der Waals surface area contributed by atoms with E-state index in [0.717, 1.165) is 11.1 Å². The van der Waals surface area contributed by atoms with Gasteiger partial charge in [-0.3, -0.25) is 4.79 Å². The third-order valence-corrected chi connectivity index (χ3v) is 3.39. The quantitative estimate of drug-likeness (QED) is 0.834. The fraction of sp³-hybridized carbons (Fsp3) is 0.222. The van der Waals surface area contributed by atoms with Gasteiger partial charge in [0.25, 0.3) is 0 Å². The number of amides is 1. The molecule has 5 heteroatoms. The van der Waals surface area contributed by atoms with Crippen molar-refractivity contribution in [2.75, 3.05) is 7.11 Å². The predicted octanol–water partition coefficient (Wildman–Crippen LogP) is 2.86. The van der Waals surface area contributed by atoms with Crippen LogP contribution in [0, 0.1) is 5.82 Å². The van der Waals surface area contributed by atoms with E-state index in [2.05, 4.69) is 10.1 Å². The zero-order valence-electron chi connectivity index (χ0n) is 12.8. The average molecular weight is 315 g/mol. The Morgan fingerprint density at radius 1 is 1.09 bits per heavy atom. The summed E-state index contributed by atoms with van der Waals surface area (Å²) in [4.78, 5) is 23.1. The molecule has 0 aliphatic heterocycles. The van der Waals surface area contributed by atoms with Crippen molar-refractivity contribution < 1.29 is 18.7 Å². The molecule has 2 aromatic carbocycles. The Labute approximate surface area is 134 Å². The number of hydrogen-bond donors (Lipinski definition) is 1. The summed E-state index contributed by atoms with van der Waals surface area (Å²) in [5.41, 5.74) is 2.15. The summed E-state index contributed by atoms with van der Waals surface area (Å²) in [5, 5.41) is 2.80. The lowest BCUT2D eigenvalue weighted by Gasteiger charge is -2.06. The Bertz CT molecular complexity index is 683. The van der Waals surface area contributed by atoms with Crippen LogP contribution in [0.4, 0.5) is 4.39 Å². The number of methoxy groups -OCH3 is 1. The molecule has 0 aliphatic rings. The van der Waals surface area contributed by atoms with Gasteiger partial charge in [0.15, 0.2) is 0 Å². The molecule has 0 radical (unpaired) electrons. The van der Waals surface area contributed by atoms with Crippen LogP contribution in [0.5, 0.6) is 0 Å². The number of hydrogen-bond acceptors (Lipinski definition) is 3. The van der Waals surface area contributed by atoms with Crippen LogP contribution in [0.15, 0.2) is 48.5 Å². The molecule has 0 heterocycles. The standard InChI is InChI=1S/C18H18FNO3/c1-23-18(22)15-8-5-14(6-9-15)12-20-17(21)10-7-13-3-2-4-16(19)11-13/h2-6,8-9,11H,7,10,12H2,1H3,(H,20,21). The molecule has 2 aromatic rings. The molecule has 120 valence electrons. The number of halogens is 1. The van der Waals surface area contributed by atoms with Gasteiger partial charge >= 0.3 is 5.97 Å². The lowest BCUT2D eigenvalue weighted by molar-refractivity contribution is -0.121. The van der Waals surface area contributed by atoms with Crippen molar-refractivity contribution in [2.45, 2.75) is 19.4 Å². The molecule has 0 aromatic heterocycles. The van der Waals surface area contributed by atoms with Gasteiger partial charge in [0.1, 0.15) is 5.82 Å². The minimum absolute atomic E-state index is 0.105. The minimum atomic E-state index is -0.393. The Morgan fingerprint density at radius 3 is 2.48 bits per heavy atom. The first-order valence-corrected chi connectivity index (χ1v) is 7.27. The number of carbonyl (C=O) groups excluding carboxylic acids is 2. The second-order valence-corrected chi connectivity index (χ2v) is 5.10. The highest BCUT2D eigenvalue weighted by molar-refractivity contribution is 5.89. The van der Waals surface area contributed by atoms with Crippen LogP contribution in [0.1, 0.15) is 27.9 Å². The monoisotopic (exact) mass is 315 g/mol. The van der Waals surface area contributed by atoms with Gasteiger partial charge in [0.2, 0.25) is 5.91 Å². The van der Waals surface area contributed by atoms with Gasteiger partial charge in [-0.1, -0.05) is 24.3 Å². The molecule has 1 amide bonds. The smallest absolute Gasteiger partial charge is 0.337 e. The van der Waals surface area contributed by atoms with E-state index < -0.39 is 5.97 Å². The zero-order chi connectivity index (χ0) is 16.7. The van der Waals surface area contributed by atoms with Gasteiger partial charge in [-0.05, 0) is 41.8 Å². The summed E-state index contributed by atoms with van der Waals surface area (Å²) in [6.45, 7) is 0.378. The van der Waals surface area contributed by atoms with Crippen molar-refractivity contribution in [1.82, 2.24) is 5.32 Å². The van der Waals surface area contributed by atoms with E-state index in [4.69, 9.17) is 0 Å². The van der Waals surface area contributed by atoms with Gasteiger partial charge in [-0.2, -0.15) is 0 Å². The Kier molecular flexibility index (Phi) is 5.86. The molecule has 1 N–H and O–H groups in total. The van der Waals surface area contributed by atoms with E-state index >= 15 is 0 Å². The third kappa shape index (κ3) is 5.21. The molecule has 0 saturated heterocycles. The second kappa shape index (κ2) is 8.08. The minimum Gasteiger partial charge on any atom is -0.465 e. The topological polar surface area (TPSA) is 55.4 Å². The second-order valence-electron chi connectivity index (χ2n) is 5.10. The fourth-order valence-electron chi connectivity index (χ4n) is 2.12. The van der Waals surface area contributed by atoms with Crippen LogP contribution in [0.3, 0.4) is 0 Å². The number of esters is 1. The summed E-state index contributed by atoms with van der Waals surface area (Å²) in [7, 11) is 1.33. The van der Waals surface area contributed by atoms with Crippen LogP contribution in [0.2, 0.25) is 0 Å². The molecule has 4 nitrogen and oxygen atoms in total. The molecule has 2 rings (SSSR count). The van der Waals surface area contributed by atoms with Crippen LogP contribution >= 0.6 is 0 Å². The summed E-state index contributed by atoms with van der Waals surface area (Å²) in [6.07, 6.45) is 0.786. The van der Waals surface area contributed by atoms with Crippen molar-refractivity contribution in [3.8, 4) is 0 Å². The maximum atomic E-state index is 13.0. The first kappa shape index (κ1) is 16.7. The third-order valence-electron chi connectivity index (χ3n) is 3.39. The van der Waals surface area contributed by atoms with E-state index in [-0.39, 0.29) is 11.7 Å². The average Bonchev–Trinajstić information content (AvgIpc) is 2.58. The maximum absolute atomic E-state index is 13.0. The first-order chi connectivity index (χ1) is 11.1. The number of benzene rings is 2. The highest BCUT2D eigenvalue weighted by Crippen LogP contribution is 2.07. The van der Waals surface area contributed by atoms with Crippen molar-refractivity contribution >= 4 is 11.9 Å². The van der Waals surface area contributed by atoms with Crippen LogP contribution in [0.25, 0.3) is 0 Å². The number of carbonyl (C=O) groups is 2. The predicted molar refractivity (Wildman–Crippen MR) is 84.3 cm³/mol. The van der Waals surface area contributed by atoms with Gasteiger partial charge < -0.3 is 10.1 Å². The zero-order valence-corrected chi connectivity index (χ0v) is 12.8. The normalized spacial score (nSPS) is 10.2. The first-order valence-electron chi connectivity index (χ1n) is 7.27. The largest absolute Gasteiger partial charge is 0.465 e. The maximum Gasteiger partial charge on any atom is 0.337 e. The van der Waals surface area contributed by atoms with E-state index in [1.165, 1.54) is 19.2 Å². The summed E-state index contributed by atoms with van der Waals surface area (Å²) in [6, 6.07) is 13.1. The van der Waals surface area contributed by atoms with Crippen LogP contribution in [-0.4, -0.2) is 19.0 Å². The lowest BCUT2D eigenvalue weighted by Crippen LogP contribution is -2.23. The molecule has 0 bridgehead atoms. The van der Waals surface area contributed by atoms with Crippen molar-refractivity contribution in [1.29, 1.82) is 0 Å². The van der Waals surface area contributed by atoms with Crippen molar-refractivity contribution in [3.05, 3.63) is 71.0 Å². The Hall–Kier alpha value is -2.69. The van der Waals surface area contributed by atoms with Crippen LogP contribution in [-0.2, 0) is 22.5 Å². The molecule has 0 spiro atoms. The summed E-state index contributed by atoms with van der Waals surface area (Å²) >= 11 is 0. The summed E-state index contributed by atoms with van der Waals surface area (Å²) < 4.78 is 17.7. The highest BCUT2D eigenvalue weighted by atomic mass is 19.1. The summed E-state index contributed by atoms with van der Waals surface area (Å²) in [5.74, 6) is -0.796. The number of ether oxygens (including phenoxy) is 1. The number of aryl methyl sites for hydroxylation is 1. The highest BCUT2D eigenvalue weighted by Gasteiger charge is 2.06. The van der Waals surface area contributed by atoms with Gasteiger partial charge in [0.05, 0.1) is 12.7 Å². The Morgan fingerprint density at radius 2 is 1.83 bits per heavy atom. The molecule has 23 heavy (non-hydrogen) atoms. The molecule has 0 unspecified atom stereocenters. The molecule has 0 aliphatic carbocycles. The van der Waals surface area contributed by atoms with Gasteiger partial charge in [-0.25, -0.2) is 9.18 Å². The number of rotatable bonds is 6. The number of nitrogens with one attached hydrogen (secondary N) is 1. The van der Waals surface area contributed by atoms with Gasteiger partial charge in [0, 0.05) is 13.0 Å². The molecular weight excluding hydrogens is 297 g/mol. The molecule has 0 fully saturated rings. The lowest BCUT2D eigenvalue weighted by atomic mass is 10.1. The molecule has 0 atom stereocenters. The van der Waals surface area contributed by atoms with Gasteiger partial charge in [-0.15, -0.1) is 0 Å². The van der Waals surface area contributed by atoms with E-state index in [9.17, 15) is 14.0 Å².